The lowest BCUT2D eigenvalue weighted by molar-refractivity contribution is -0.384. The van der Waals surface area contributed by atoms with Crippen LogP contribution in [0.2, 0.25) is 0 Å². The fraction of sp³-hybridized carbons (Fsp3) is 0.120. The number of hydrogen-bond donors (Lipinski definition) is 1. The van der Waals surface area contributed by atoms with E-state index in [0.717, 1.165) is 12.0 Å². The molecule has 0 unspecified atom stereocenters. The molecule has 7 nitrogen and oxygen atoms in total. The van der Waals surface area contributed by atoms with Crippen LogP contribution in [0.4, 0.5) is 11.4 Å². The van der Waals surface area contributed by atoms with Crippen LogP contribution >= 0.6 is 0 Å². The molecule has 4 rings (SSSR count). The zero-order valence-electron chi connectivity index (χ0n) is 17.7. The number of amides is 1. The van der Waals surface area contributed by atoms with E-state index in [1.54, 1.807) is 6.07 Å². The Bertz CT molecular complexity index is 1320. The molecule has 3 aromatic carbocycles. The van der Waals surface area contributed by atoms with Gasteiger partial charge in [0.2, 0.25) is 0 Å². The molecule has 0 radical (unpaired) electrons. The van der Waals surface area contributed by atoms with Gasteiger partial charge in [-0.25, -0.2) is 4.98 Å². The maximum Gasteiger partial charge on any atom is 0.271 e. The van der Waals surface area contributed by atoms with Crippen molar-refractivity contribution in [2.75, 3.05) is 12.4 Å². The summed E-state index contributed by atoms with van der Waals surface area (Å²) in [6, 6.07) is 21.2. The first-order valence-electron chi connectivity index (χ1n) is 10.1. The molecule has 0 atom stereocenters. The van der Waals surface area contributed by atoms with Crippen LogP contribution in [0.3, 0.4) is 0 Å². The van der Waals surface area contributed by atoms with Gasteiger partial charge in [-0.15, -0.1) is 0 Å². The Morgan fingerprint density at radius 1 is 1.06 bits per heavy atom. The average molecular weight is 427 g/mol. The molecular formula is C25H21N3O4. The maximum atomic E-state index is 13.3. The highest BCUT2D eigenvalue weighted by Crippen LogP contribution is 2.31. The number of nitrogens with one attached hydrogen (secondary N) is 1. The minimum atomic E-state index is -0.519. The number of pyridine rings is 1. The number of nitro groups is 1. The summed E-state index contributed by atoms with van der Waals surface area (Å²) in [6.45, 7) is 2.09. The van der Waals surface area contributed by atoms with Crippen LogP contribution < -0.4 is 10.1 Å². The SMILES string of the molecule is CCc1ccc(-c2cc(C(=O)Nc3cc([N+](=O)[O-])ccc3OC)c3ccccc3n2)cc1. The highest BCUT2D eigenvalue weighted by Gasteiger charge is 2.18. The van der Waals surface area contributed by atoms with E-state index in [0.29, 0.717) is 27.9 Å². The van der Waals surface area contributed by atoms with Gasteiger partial charge in [0.15, 0.2) is 0 Å². The summed E-state index contributed by atoms with van der Waals surface area (Å²) >= 11 is 0. The van der Waals surface area contributed by atoms with E-state index in [2.05, 4.69) is 12.2 Å². The second-order valence-electron chi connectivity index (χ2n) is 7.22. The average Bonchev–Trinajstić information content (AvgIpc) is 2.83. The fourth-order valence-electron chi connectivity index (χ4n) is 3.52. The Kier molecular flexibility index (Phi) is 5.81. The van der Waals surface area contributed by atoms with Crippen molar-refractivity contribution in [1.82, 2.24) is 4.98 Å². The minimum absolute atomic E-state index is 0.141. The number of hydrogen-bond acceptors (Lipinski definition) is 5. The van der Waals surface area contributed by atoms with Crippen LogP contribution in [0.1, 0.15) is 22.8 Å². The molecule has 4 aromatic rings. The van der Waals surface area contributed by atoms with Crippen LogP contribution in [0.5, 0.6) is 5.75 Å². The summed E-state index contributed by atoms with van der Waals surface area (Å²) in [5.74, 6) is -0.0773. The lowest BCUT2D eigenvalue weighted by atomic mass is 10.0. The fourth-order valence-corrected chi connectivity index (χ4v) is 3.52. The third-order valence-corrected chi connectivity index (χ3v) is 5.26. The minimum Gasteiger partial charge on any atom is -0.495 e. The second-order valence-corrected chi connectivity index (χ2v) is 7.22. The molecule has 160 valence electrons. The first-order valence-corrected chi connectivity index (χ1v) is 10.1. The molecule has 0 aliphatic rings. The monoisotopic (exact) mass is 427 g/mol. The van der Waals surface area contributed by atoms with E-state index in [1.807, 2.05) is 48.5 Å². The van der Waals surface area contributed by atoms with E-state index in [-0.39, 0.29) is 11.4 Å². The summed E-state index contributed by atoms with van der Waals surface area (Å²) < 4.78 is 5.27. The van der Waals surface area contributed by atoms with Gasteiger partial charge in [-0.2, -0.15) is 0 Å². The smallest absolute Gasteiger partial charge is 0.271 e. The van der Waals surface area contributed by atoms with Crippen LogP contribution in [-0.4, -0.2) is 22.9 Å². The van der Waals surface area contributed by atoms with Gasteiger partial charge in [0.1, 0.15) is 5.75 Å². The molecule has 0 aliphatic heterocycles. The van der Waals surface area contributed by atoms with Crippen molar-refractivity contribution in [3.05, 3.63) is 94.0 Å². The number of methoxy groups -OCH3 is 1. The molecule has 0 bridgehead atoms. The summed E-state index contributed by atoms with van der Waals surface area (Å²) in [5, 5.41) is 14.6. The van der Waals surface area contributed by atoms with Crippen molar-refractivity contribution in [2.24, 2.45) is 0 Å². The molecule has 7 heteroatoms. The summed E-state index contributed by atoms with van der Waals surface area (Å²) in [4.78, 5) is 28.7. The molecule has 0 spiro atoms. The Hall–Kier alpha value is -4.26. The third-order valence-electron chi connectivity index (χ3n) is 5.26. The van der Waals surface area contributed by atoms with E-state index < -0.39 is 10.8 Å². The van der Waals surface area contributed by atoms with Crippen molar-refractivity contribution in [3.8, 4) is 17.0 Å². The van der Waals surface area contributed by atoms with Crippen LogP contribution in [0.25, 0.3) is 22.2 Å². The number of ether oxygens (including phenoxy) is 1. The number of nitro benzene ring substituents is 1. The topological polar surface area (TPSA) is 94.4 Å². The van der Waals surface area contributed by atoms with Gasteiger partial charge < -0.3 is 10.1 Å². The number of fused-ring (bicyclic) bond motifs is 1. The van der Waals surface area contributed by atoms with Crippen LogP contribution in [0.15, 0.2) is 72.8 Å². The number of carbonyl (C=O) groups excluding carboxylic acids is 1. The molecule has 0 fully saturated rings. The third kappa shape index (κ3) is 4.13. The number of benzene rings is 3. The zero-order chi connectivity index (χ0) is 22.7. The molecule has 1 N–H and O–H groups in total. The van der Waals surface area contributed by atoms with Crippen molar-refractivity contribution >= 4 is 28.2 Å². The Morgan fingerprint density at radius 2 is 1.81 bits per heavy atom. The number of rotatable bonds is 6. The van der Waals surface area contributed by atoms with E-state index >= 15 is 0 Å². The molecule has 0 aliphatic carbocycles. The first-order chi connectivity index (χ1) is 15.5. The van der Waals surface area contributed by atoms with E-state index in [9.17, 15) is 14.9 Å². The van der Waals surface area contributed by atoms with Gasteiger partial charge in [0.25, 0.3) is 11.6 Å². The normalized spacial score (nSPS) is 10.7. The highest BCUT2D eigenvalue weighted by atomic mass is 16.6. The lowest BCUT2D eigenvalue weighted by Gasteiger charge is -2.13. The summed E-state index contributed by atoms with van der Waals surface area (Å²) in [5.41, 5.74) is 3.96. The molecule has 1 aromatic heterocycles. The highest BCUT2D eigenvalue weighted by molar-refractivity contribution is 6.13. The Morgan fingerprint density at radius 3 is 2.50 bits per heavy atom. The van der Waals surface area contributed by atoms with Crippen LogP contribution in [-0.2, 0) is 6.42 Å². The standard InChI is InChI=1S/C25H21N3O4/c1-3-16-8-10-17(11-9-16)22-15-20(19-6-4-5-7-21(19)26-22)25(29)27-23-14-18(28(30)31)12-13-24(23)32-2/h4-15H,3H2,1-2H3,(H,27,29). The van der Waals surface area contributed by atoms with E-state index in [4.69, 9.17) is 9.72 Å². The predicted molar refractivity (Wildman–Crippen MR) is 124 cm³/mol. The number of para-hydroxylation sites is 1. The second kappa shape index (κ2) is 8.85. The largest absolute Gasteiger partial charge is 0.495 e. The summed E-state index contributed by atoms with van der Waals surface area (Å²) in [6.07, 6.45) is 0.935. The first kappa shape index (κ1) is 21.0. The number of nitrogens with zero attached hydrogens (tertiary/aromatic N) is 2. The molecule has 1 heterocycles. The number of non-ortho nitro benzene ring substituents is 1. The van der Waals surface area contributed by atoms with Crippen molar-refractivity contribution in [1.29, 1.82) is 0 Å². The van der Waals surface area contributed by atoms with Gasteiger partial charge in [-0.05, 0) is 30.2 Å². The van der Waals surface area contributed by atoms with Gasteiger partial charge in [0, 0.05) is 23.1 Å². The van der Waals surface area contributed by atoms with Crippen molar-refractivity contribution < 1.29 is 14.5 Å². The molecule has 1 amide bonds. The number of aryl methyl sites for hydroxylation is 1. The van der Waals surface area contributed by atoms with Gasteiger partial charge in [-0.1, -0.05) is 49.4 Å². The number of anilines is 1. The Labute approximate surface area is 184 Å². The Balaban J connectivity index is 1.79. The van der Waals surface area contributed by atoms with Crippen LogP contribution in [0, 0.1) is 10.1 Å². The van der Waals surface area contributed by atoms with Gasteiger partial charge in [-0.3, -0.25) is 14.9 Å². The van der Waals surface area contributed by atoms with E-state index in [1.165, 1.54) is 30.9 Å². The predicted octanol–water partition coefficient (Wildman–Crippen LogP) is 5.63. The van der Waals surface area contributed by atoms with Gasteiger partial charge in [0.05, 0.1) is 34.5 Å². The molecule has 0 saturated carbocycles. The molecule has 0 saturated heterocycles. The quantitative estimate of drug-likeness (QED) is 0.318. The molecular weight excluding hydrogens is 406 g/mol. The molecule has 32 heavy (non-hydrogen) atoms. The zero-order valence-corrected chi connectivity index (χ0v) is 17.7. The van der Waals surface area contributed by atoms with Crippen molar-refractivity contribution in [3.63, 3.8) is 0 Å². The summed E-state index contributed by atoms with van der Waals surface area (Å²) in [7, 11) is 1.44. The lowest BCUT2D eigenvalue weighted by Crippen LogP contribution is -2.14. The van der Waals surface area contributed by atoms with Gasteiger partial charge >= 0.3 is 0 Å². The maximum absolute atomic E-state index is 13.3. The number of aromatic nitrogens is 1. The number of carbonyl (C=O) groups is 1. The van der Waals surface area contributed by atoms with Crippen molar-refractivity contribution in [2.45, 2.75) is 13.3 Å².